The van der Waals surface area contributed by atoms with E-state index in [4.69, 9.17) is 0 Å². The maximum Gasteiger partial charge on any atom is 0.256 e. The number of β-amino-alcohol motifs (C(OH)–C–C–N with tert-alkyl or cyclic N) is 1. The number of nitrogens with zero attached hydrogens (tertiary/aromatic N) is 9. The fraction of sp³-hybridized carbons (Fsp3) is 0.393. The highest BCUT2D eigenvalue weighted by Crippen LogP contribution is 2.30. The zero-order chi connectivity index (χ0) is 29.8. The van der Waals surface area contributed by atoms with Crippen LogP contribution in [0.1, 0.15) is 24.0 Å². The Labute approximate surface area is 248 Å². The van der Waals surface area contributed by atoms with Gasteiger partial charge in [-0.05, 0) is 18.9 Å². The van der Waals surface area contributed by atoms with Crippen LogP contribution in [0.5, 0.6) is 0 Å². The van der Waals surface area contributed by atoms with Gasteiger partial charge in [-0.25, -0.2) is 27.8 Å². The molecule has 2 N–H and O–H groups in total. The normalized spacial score (nSPS) is 15.7. The molecule has 1 aliphatic carbocycles. The highest BCUT2D eigenvalue weighted by atomic mass is 32.2. The second kappa shape index (κ2) is 12.5. The van der Waals surface area contributed by atoms with Crippen molar-refractivity contribution in [3.63, 3.8) is 0 Å². The number of hydrogen-bond donors (Lipinski definition) is 2. The molecule has 2 aliphatic rings. The maximum absolute atomic E-state index is 12.7. The number of pyridine rings is 1. The zero-order valence-electron chi connectivity index (χ0n) is 23.3. The Morgan fingerprint density at radius 2 is 1.84 bits per heavy atom. The molecule has 0 amide bonds. The molecule has 4 aromatic rings. The first-order valence-electron chi connectivity index (χ1n) is 14.0. The fourth-order valence-electron chi connectivity index (χ4n) is 4.78. The number of alkyl halides is 1. The minimum Gasteiger partial charge on any atom is -0.395 e. The van der Waals surface area contributed by atoms with Gasteiger partial charge in [-0.15, -0.1) is 0 Å². The average Bonchev–Trinajstić information content (AvgIpc) is 3.59. The Bertz CT molecular complexity index is 1750. The molecule has 0 atom stereocenters. The van der Waals surface area contributed by atoms with E-state index in [1.54, 1.807) is 30.9 Å². The molecule has 0 spiro atoms. The van der Waals surface area contributed by atoms with Gasteiger partial charge in [-0.2, -0.15) is 14.3 Å². The first kappa shape index (κ1) is 28.7. The first-order chi connectivity index (χ1) is 20.9. The Morgan fingerprint density at radius 3 is 2.60 bits per heavy atom. The van der Waals surface area contributed by atoms with Crippen LogP contribution in [0.3, 0.4) is 0 Å². The number of aryl methyl sites for hydroxylation is 1. The highest BCUT2D eigenvalue weighted by molar-refractivity contribution is 7.90. The summed E-state index contributed by atoms with van der Waals surface area (Å²) in [7, 11) is -3.49. The molecule has 43 heavy (non-hydrogen) atoms. The average molecular weight is 607 g/mol. The van der Waals surface area contributed by atoms with E-state index < -0.39 is 16.7 Å². The lowest BCUT2D eigenvalue weighted by Crippen LogP contribution is -2.47. The molecule has 6 rings (SSSR count). The van der Waals surface area contributed by atoms with Gasteiger partial charge in [-0.1, -0.05) is 11.8 Å². The van der Waals surface area contributed by atoms with Crippen LogP contribution in [-0.2, 0) is 16.6 Å². The number of aliphatic hydroxyl groups is 1. The lowest BCUT2D eigenvalue weighted by atomic mass is 10.1. The van der Waals surface area contributed by atoms with Crippen molar-refractivity contribution < 1.29 is 17.9 Å². The number of aliphatic hydroxyl groups excluding tert-OH is 1. The molecule has 0 bridgehead atoms. The minimum absolute atomic E-state index is 0.119. The number of piperazine rings is 1. The Hall–Kier alpha value is -4.39. The van der Waals surface area contributed by atoms with Gasteiger partial charge in [0.2, 0.25) is 0 Å². The molecular formula is C28H31FN10O3S. The molecule has 4 aromatic heterocycles. The summed E-state index contributed by atoms with van der Waals surface area (Å²) in [5.41, 5.74) is 2.79. The van der Waals surface area contributed by atoms with Crippen LogP contribution >= 0.6 is 0 Å². The van der Waals surface area contributed by atoms with Gasteiger partial charge in [0.15, 0.2) is 5.82 Å². The smallest absolute Gasteiger partial charge is 0.256 e. The van der Waals surface area contributed by atoms with Gasteiger partial charge in [-0.3, -0.25) is 9.58 Å². The second-order valence-electron chi connectivity index (χ2n) is 10.3. The Morgan fingerprint density at radius 1 is 1.00 bits per heavy atom. The van der Waals surface area contributed by atoms with Crippen molar-refractivity contribution in [1.29, 1.82) is 0 Å². The first-order valence-corrected chi connectivity index (χ1v) is 15.5. The number of nitrogens with one attached hydrogen (secondary N) is 1. The Kier molecular flexibility index (Phi) is 8.32. The van der Waals surface area contributed by atoms with Crippen molar-refractivity contribution in [1.82, 2.24) is 38.8 Å². The third-order valence-electron chi connectivity index (χ3n) is 7.24. The SMILES string of the molecule is O=S(=O)(C1CC1)n1cc(-c2nccc(Nc3cc(N4CCN(CCO)CC4)c(C#Cc4cnn(CCF)c4)cn3)n2)cn1. The number of anilines is 3. The van der Waals surface area contributed by atoms with Gasteiger partial charge in [0.1, 0.15) is 18.3 Å². The summed E-state index contributed by atoms with van der Waals surface area (Å²) in [5, 5.41) is 20.4. The Balaban J connectivity index is 1.25. The zero-order valence-corrected chi connectivity index (χ0v) is 24.2. The molecule has 1 aliphatic heterocycles. The summed E-state index contributed by atoms with van der Waals surface area (Å²) in [4.78, 5) is 17.9. The molecule has 224 valence electrons. The molecule has 13 nitrogen and oxygen atoms in total. The standard InChI is InChI=1S/C28H31FN10O3S/c29-6-8-38-19-21(16-32-38)1-2-22-17-31-27(15-25(22)37-11-9-36(10-12-37)13-14-40)34-26-5-7-30-28(35-26)23-18-33-39(20-23)43(41,42)24-3-4-24/h5,7,15-20,24,40H,3-4,6,8-14H2,(H,30,31,34,35). The van der Waals surface area contributed by atoms with E-state index in [9.17, 15) is 17.9 Å². The van der Waals surface area contributed by atoms with E-state index in [0.717, 1.165) is 41.5 Å². The number of halogens is 1. The fourth-order valence-corrected chi connectivity index (χ4v) is 6.25. The van der Waals surface area contributed by atoms with Gasteiger partial charge in [0.25, 0.3) is 10.0 Å². The lowest BCUT2D eigenvalue weighted by molar-refractivity contribution is 0.189. The molecule has 0 unspecified atom stereocenters. The topological polar surface area (TPSA) is 147 Å². The number of aromatic nitrogens is 7. The van der Waals surface area contributed by atoms with Crippen molar-refractivity contribution in [2.45, 2.75) is 24.6 Å². The maximum atomic E-state index is 12.7. The predicted octanol–water partition coefficient (Wildman–Crippen LogP) is 1.50. The molecule has 5 heterocycles. The molecule has 2 fully saturated rings. The summed E-state index contributed by atoms with van der Waals surface area (Å²) in [6.07, 6.45) is 10.8. The third-order valence-corrected chi connectivity index (χ3v) is 9.27. The highest BCUT2D eigenvalue weighted by Gasteiger charge is 2.37. The van der Waals surface area contributed by atoms with Crippen LogP contribution in [-0.4, -0.2) is 104 Å². The van der Waals surface area contributed by atoms with E-state index in [1.807, 2.05) is 6.07 Å². The summed E-state index contributed by atoms with van der Waals surface area (Å²) in [6.45, 7) is 3.53. The van der Waals surface area contributed by atoms with Crippen LogP contribution in [0.15, 0.2) is 49.3 Å². The number of hydrogen-bond acceptors (Lipinski definition) is 11. The van der Waals surface area contributed by atoms with Crippen LogP contribution in [0.4, 0.5) is 21.7 Å². The van der Waals surface area contributed by atoms with Crippen molar-refractivity contribution in [3.8, 4) is 23.2 Å². The van der Waals surface area contributed by atoms with Crippen LogP contribution in [0, 0.1) is 11.8 Å². The molecule has 0 radical (unpaired) electrons. The van der Waals surface area contributed by atoms with E-state index in [-0.39, 0.29) is 18.4 Å². The van der Waals surface area contributed by atoms with Gasteiger partial charge < -0.3 is 15.3 Å². The van der Waals surface area contributed by atoms with E-state index in [1.165, 1.54) is 17.1 Å². The molecule has 0 aromatic carbocycles. The van der Waals surface area contributed by atoms with Crippen LogP contribution < -0.4 is 10.2 Å². The lowest BCUT2D eigenvalue weighted by Gasteiger charge is -2.36. The van der Waals surface area contributed by atoms with Crippen LogP contribution in [0.25, 0.3) is 11.4 Å². The van der Waals surface area contributed by atoms with Crippen molar-refractivity contribution >= 4 is 27.3 Å². The van der Waals surface area contributed by atoms with E-state index in [2.05, 4.69) is 52.1 Å². The quantitative estimate of drug-likeness (QED) is 0.253. The van der Waals surface area contributed by atoms with Crippen molar-refractivity contribution in [2.24, 2.45) is 0 Å². The summed E-state index contributed by atoms with van der Waals surface area (Å²) in [6, 6.07) is 3.62. The minimum atomic E-state index is -3.49. The second-order valence-corrected chi connectivity index (χ2v) is 12.4. The largest absolute Gasteiger partial charge is 0.395 e. The molecular weight excluding hydrogens is 575 g/mol. The van der Waals surface area contributed by atoms with Gasteiger partial charge in [0.05, 0.1) is 59.4 Å². The van der Waals surface area contributed by atoms with Crippen molar-refractivity contribution in [3.05, 3.63) is 60.4 Å². The third kappa shape index (κ3) is 6.66. The summed E-state index contributed by atoms with van der Waals surface area (Å²) in [5.74, 6) is 7.67. The molecule has 1 saturated carbocycles. The van der Waals surface area contributed by atoms with Gasteiger partial charge in [0, 0.05) is 57.4 Å². The summed E-state index contributed by atoms with van der Waals surface area (Å²) >= 11 is 0. The molecule has 15 heteroatoms. The summed E-state index contributed by atoms with van der Waals surface area (Å²) < 4.78 is 40.3. The number of rotatable bonds is 10. The van der Waals surface area contributed by atoms with Gasteiger partial charge >= 0.3 is 0 Å². The van der Waals surface area contributed by atoms with Crippen LogP contribution in [0.2, 0.25) is 0 Å². The van der Waals surface area contributed by atoms with Crippen molar-refractivity contribution in [2.75, 3.05) is 56.2 Å². The monoisotopic (exact) mass is 606 g/mol. The van der Waals surface area contributed by atoms with E-state index in [0.29, 0.717) is 48.0 Å². The predicted molar refractivity (Wildman–Crippen MR) is 158 cm³/mol. The van der Waals surface area contributed by atoms with E-state index >= 15 is 0 Å². The molecule has 1 saturated heterocycles.